The van der Waals surface area contributed by atoms with Crippen molar-refractivity contribution in [2.24, 2.45) is 0 Å². The van der Waals surface area contributed by atoms with Crippen molar-refractivity contribution >= 4 is 11.9 Å². The number of nitrogens with one attached hydrogen (secondary N) is 4. The van der Waals surface area contributed by atoms with Gasteiger partial charge in [-0.05, 0) is 24.1 Å². The van der Waals surface area contributed by atoms with E-state index in [2.05, 4.69) is 31.3 Å². The molecule has 1 amide bonds. The minimum absolute atomic E-state index is 0.0442. The van der Waals surface area contributed by atoms with Crippen LogP contribution in [-0.2, 0) is 11.3 Å². The summed E-state index contributed by atoms with van der Waals surface area (Å²) in [6.45, 7) is 0.225. The predicted octanol–water partition coefficient (Wildman–Crippen LogP) is -0.250. The van der Waals surface area contributed by atoms with E-state index in [1.165, 1.54) is 12.1 Å². The highest BCUT2D eigenvalue weighted by Crippen LogP contribution is 2.22. The van der Waals surface area contributed by atoms with Crippen LogP contribution in [-0.4, -0.2) is 27.1 Å². The molecule has 0 saturated carbocycles. The van der Waals surface area contributed by atoms with Gasteiger partial charge >= 0.3 is 0 Å². The smallest absolute Gasteiger partial charge is 0.239 e. The maximum atomic E-state index is 12.9. The molecule has 1 aromatic heterocycles. The van der Waals surface area contributed by atoms with Gasteiger partial charge in [0.1, 0.15) is 17.7 Å². The number of H-pyrrole nitrogens is 1. The summed E-state index contributed by atoms with van der Waals surface area (Å²) >= 11 is 0. The Morgan fingerprint density at radius 2 is 2.14 bits per heavy atom. The largest absolute Gasteiger partial charge is 0.367 e. The van der Waals surface area contributed by atoms with Gasteiger partial charge in [-0.1, -0.05) is 12.1 Å². The van der Waals surface area contributed by atoms with Gasteiger partial charge in [0.15, 0.2) is 0 Å². The molecule has 0 aliphatic carbocycles. The number of anilines is 1. The molecule has 2 unspecified atom stereocenters. The van der Waals surface area contributed by atoms with Gasteiger partial charge in [-0.15, -0.1) is 5.10 Å². The fourth-order valence-corrected chi connectivity index (χ4v) is 2.32. The summed E-state index contributed by atoms with van der Waals surface area (Å²) in [6, 6.07) is 5.78. The Morgan fingerprint density at radius 3 is 2.82 bits per heavy atom. The Labute approximate surface area is 125 Å². The van der Waals surface area contributed by atoms with E-state index < -0.39 is 0 Å². The molecule has 1 aromatic carbocycles. The highest BCUT2D eigenvalue weighted by molar-refractivity contribution is 5.82. The monoisotopic (exact) mass is 305 g/mol. The molecule has 2 heterocycles. The number of nitrogens with two attached hydrogens (primary N) is 1. The second-order valence-corrected chi connectivity index (χ2v) is 5.04. The SMILES string of the molecule is Nc1n[nH]c(CNC(=O)C2CC(c3ccc(F)cc3)NN2)n1. The van der Waals surface area contributed by atoms with Crippen molar-refractivity contribution in [3.8, 4) is 0 Å². The van der Waals surface area contributed by atoms with Crippen molar-refractivity contribution in [2.45, 2.75) is 25.0 Å². The maximum absolute atomic E-state index is 12.9. The summed E-state index contributed by atoms with van der Waals surface area (Å²) < 4.78 is 12.9. The van der Waals surface area contributed by atoms with E-state index in [1.807, 2.05) is 0 Å². The van der Waals surface area contributed by atoms with Crippen LogP contribution in [0.25, 0.3) is 0 Å². The Bertz CT molecular complexity index is 657. The molecule has 2 atom stereocenters. The predicted molar refractivity (Wildman–Crippen MR) is 76.5 cm³/mol. The molecule has 8 nitrogen and oxygen atoms in total. The van der Waals surface area contributed by atoms with E-state index in [0.717, 1.165) is 5.56 Å². The van der Waals surface area contributed by atoms with Gasteiger partial charge in [-0.25, -0.2) is 15.2 Å². The minimum Gasteiger partial charge on any atom is -0.367 e. The zero-order valence-electron chi connectivity index (χ0n) is 11.6. The number of aromatic nitrogens is 3. The van der Waals surface area contributed by atoms with Gasteiger partial charge < -0.3 is 11.1 Å². The number of carbonyl (C=O) groups excluding carboxylic acids is 1. The summed E-state index contributed by atoms with van der Waals surface area (Å²) in [5.41, 5.74) is 12.3. The highest BCUT2D eigenvalue weighted by Gasteiger charge is 2.30. The van der Waals surface area contributed by atoms with Crippen LogP contribution in [0.1, 0.15) is 23.9 Å². The van der Waals surface area contributed by atoms with Crippen LogP contribution in [0.3, 0.4) is 0 Å². The van der Waals surface area contributed by atoms with Crippen molar-refractivity contribution in [2.75, 3.05) is 5.73 Å². The third kappa shape index (κ3) is 3.21. The first-order chi connectivity index (χ1) is 10.6. The average Bonchev–Trinajstić information content (AvgIpc) is 3.15. The molecule has 3 rings (SSSR count). The first-order valence-electron chi connectivity index (χ1n) is 6.83. The van der Waals surface area contributed by atoms with E-state index in [-0.39, 0.29) is 36.3 Å². The fourth-order valence-electron chi connectivity index (χ4n) is 2.32. The number of benzene rings is 1. The number of halogens is 1. The maximum Gasteiger partial charge on any atom is 0.239 e. The van der Waals surface area contributed by atoms with Crippen molar-refractivity contribution in [1.29, 1.82) is 0 Å². The average molecular weight is 305 g/mol. The second kappa shape index (κ2) is 6.08. The molecule has 22 heavy (non-hydrogen) atoms. The number of hydrogen-bond acceptors (Lipinski definition) is 6. The molecule has 116 valence electrons. The Hall–Kier alpha value is -2.52. The number of hydrogen-bond donors (Lipinski definition) is 5. The van der Waals surface area contributed by atoms with Gasteiger partial charge in [0.25, 0.3) is 0 Å². The number of rotatable bonds is 4. The van der Waals surface area contributed by atoms with Crippen molar-refractivity contribution in [3.63, 3.8) is 0 Å². The molecule has 0 bridgehead atoms. The quantitative estimate of drug-likeness (QED) is 0.531. The van der Waals surface area contributed by atoms with Crippen molar-refractivity contribution in [3.05, 3.63) is 41.5 Å². The van der Waals surface area contributed by atoms with Crippen LogP contribution in [0.5, 0.6) is 0 Å². The lowest BCUT2D eigenvalue weighted by Gasteiger charge is -2.10. The van der Waals surface area contributed by atoms with Gasteiger partial charge in [0.05, 0.1) is 6.54 Å². The zero-order chi connectivity index (χ0) is 15.5. The molecule has 1 saturated heterocycles. The van der Waals surface area contributed by atoms with Crippen LogP contribution < -0.4 is 21.9 Å². The van der Waals surface area contributed by atoms with E-state index in [0.29, 0.717) is 12.2 Å². The molecular formula is C13H16FN7O. The number of carbonyl (C=O) groups is 1. The van der Waals surface area contributed by atoms with Crippen molar-refractivity contribution in [1.82, 2.24) is 31.3 Å². The molecule has 0 radical (unpaired) electrons. The Morgan fingerprint density at radius 1 is 1.36 bits per heavy atom. The number of hydrazine groups is 1. The van der Waals surface area contributed by atoms with E-state index in [4.69, 9.17) is 5.73 Å². The lowest BCUT2D eigenvalue weighted by Crippen LogP contribution is -2.43. The molecule has 6 N–H and O–H groups in total. The molecular weight excluding hydrogens is 289 g/mol. The third-order valence-corrected chi connectivity index (χ3v) is 3.47. The lowest BCUT2D eigenvalue weighted by atomic mass is 10.0. The molecule has 1 aliphatic heterocycles. The van der Waals surface area contributed by atoms with E-state index >= 15 is 0 Å². The normalized spacial score (nSPS) is 21.0. The van der Waals surface area contributed by atoms with Gasteiger partial charge in [0.2, 0.25) is 11.9 Å². The second-order valence-electron chi connectivity index (χ2n) is 5.04. The zero-order valence-corrected chi connectivity index (χ0v) is 11.6. The van der Waals surface area contributed by atoms with Crippen LogP contribution >= 0.6 is 0 Å². The Balaban J connectivity index is 1.53. The number of nitrogens with zero attached hydrogens (tertiary/aromatic N) is 2. The Kier molecular flexibility index (Phi) is 3.98. The number of nitrogen functional groups attached to an aromatic ring is 1. The van der Waals surface area contributed by atoms with E-state index in [1.54, 1.807) is 12.1 Å². The lowest BCUT2D eigenvalue weighted by molar-refractivity contribution is -0.123. The molecule has 9 heteroatoms. The highest BCUT2D eigenvalue weighted by atomic mass is 19.1. The van der Waals surface area contributed by atoms with E-state index in [9.17, 15) is 9.18 Å². The number of amides is 1. The van der Waals surface area contributed by atoms with Crippen LogP contribution in [0.2, 0.25) is 0 Å². The molecule has 2 aromatic rings. The topological polar surface area (TPSA) is 121 Å². The van der Waals surface area contributed by atoms with Crippen molar-refractivity contribution < 1.29 is 9.18 Å². The summed E-state index contributed by atoms with van der Waals surface area (Å²) in [4.78, 5) is 16.0. The standard InChI is InChI=1S/C13H16FN7O/c14-8-3-1-7(2-4-8)9-5-10(19-18-9)12(22)16-6-11-17-13(15)21-20-11/h1-4,9-10,18-19H,5-6H2,(H,16,22)(H3,15,17,20,21). The summed E-state index contributed by atoms with van der Waals surface area (Å²) in [5, 5.41) is 9.05. The van der Waals surface area contributed by atoms with Gasteiger partial charge in [0, 0.05) is 6.04 Å². The fraction of sp³-hybridized carbons (Fsp3) is 0.308. The van der Waals surface area contributed by atoms with Gasteiger partial charge in [-0.3, -0.25) is 9.89 Å². The first kappa shape index (κ1) is 14.4. The summed E-state index contributed by atoms with van der Waals surface area (Å²) in [6.07, 6.45) is 0.565. The van der Waals surface area contributed by atoms with Crippen LogP contribution in [0.15, 0.2) is 24.3 Å². The third-order valence-electron chi connectivity index (χ3n) is 3.47. The summed E-state index contributed by atoms with van der Waals surface area (Å²) in [7, 11) is 0. The molecule has 1 fully saturated rings. The van der Waals surface area contributed by atoms with Crippen LogP contribution in [0, 0.1) is 5.82 Å². The summed E-state index contributed by atoms with van der Waals surface area (Å²) in [5.74, 6) is 0.190. The molecule has 0 spiro atoms. The molecule has 1 aliphatic rings. The first-order valence-corrected chi connectivity index (χ1v) is 6.83. The van der Waals surface area contributed by atoms with Gasteiger partial charge in [-0.2, -0.15) is 4.98 Å². The van der Waals surface area contributed by atoms with Crippen LogP contribution in [0.4, 0.5) is 10.3 Å². The minimum atomic E-state index is -0.379. The number of aromatic amines is 1.